The molecule has 11 rings (SSSR count). The first kappa shape index (κ1) is 27.3. The van der Waals surface area contributed by atoms with Crippen LogP contribution in [0.2, 0.25) is 0 Å². The lowest BCUT2D eigenvalue weighted by Crippen LogP contribution is -1.96. The fourth-order valence-electron chi connectivity index (χ4n) is 8.00. The molecule has 1 aliphatic carbocycles. The second-order valence-electron chi connectivity index (χ2n) is 13.0. The molecule has 0 bridgehead atoms. The van der Waals surface area contributed by atoms with E-state index in [2.05, 4.69) is 150 Å². The molecule has 50 heavy (non-hydrogen) atoms. The zero-order chi connectivity index (χ0) is 32.8. The average molecular weight is 641 g/mol. The van der Waals surface area contributed by atoms with Crippen molar-refractivity contribution in [1.82, 2.24) is 9.55 Å². The quantitative estimate of drug-likeness (QED) is 0.193. The van der Waals surface area contributed by atoms with Crippen molar-refractivity contribution in [2.24, 2.45) is 0 Å². The summed E-state index contributed by atoms with van der Waals surface area (Å²) in [5.74, 6) is 0.846. The number of pyridine rings is 1. The van der Waals surface area contributed by atoms with Gasteiger partial charge in [-0.2, -0.15) is 0 Å². The van der Waals surface area contributed by atoms with Gasteiger partial charge in [0.05, 0.1) is 27.9 Å². The van der Waals surface area contributed by atoms with E-state index in [1.165, 1.54) is 16.5 Å². The Kier molecular flexibility index (Phi) is 5.69. The first-order chi connectivity index (χ1) is 24.8. The molecule has 0 radical (unpaired) electrons. The lowest BCUT2D eigenvalue weighted by molar-refractivity contribution is 0.603. The Labute approximate surface area is 286 Å². The highest BCUT2D eigenvalue weighted by atomic mass is 16.3. The third-order valence-electron chi connectivity index (χ3n) is 10.2. The van der Waals surface area contributed by atoms with Crippen LogP contribution >= 0.6 is 0 Å². The van der Waals surface area contributed by atoms with Gasteiger partial charge in [-0.15, -0.1) is 0 Å². The van der Waals surface area contributed by atoms with Crippen molar-refractivity contribution in [3.05, 3.63) is 169 Å². The van der Waals surface area contributed by atoms with Gasteiger partial charge in [-0.05, 0) is 66.1 Å². The highest BCUT2D eigenvalue weighted by Crippen LogP contribution is 2.43. The van der Waals surface area contributed by atoms with E-state index in [-0.39, 0.29) is 0 Å². The Morgan fingerprint density at radius 1 is 0.580 bits per heavy atom. The third-order valence-corrected chi connectivity index (χ3v) is 10.2. The van der Waals surface area contributed by atoms with Crippen LogP contribution in [0.5, 0.6) is 0 Å². The number of hydrogen-bond acceptors (Lipinski definition) is 3. The molecule has 0 fully saturated rings. The molecule has 0 spiro atoms. The van der Waals surface area contributed by atoms with E-state index in [1.54, 1.807) is 0 Å². The van der Waals surface area contributed by atoms with Crippen molar-refractivity contribution >= 4 is 77.3 Å². The number of para-hydroxylation sites is 3. The Hall–Kier alpha value is -6.65. The molecule has 6 aromatic carbocycles. The topological polar surface area (TPSA) is 44.1 Å². The summed E-state index contributed by atoms with van der Waals surface area (Å²) in [5.41, 5.74) is 12.2. The van der Waals surface area contributed by atoms with E-state index < -0.39 is 0 Å². The van der Waals surface area contributed by atoms with Crippen molar-refractivity contribution in [2.75, 3.05) is 0 Å². The van der Waals surface area contributed by atoms with Crippen LogP contribution in [0.3, 0.4) is 0 Å². The maximum Gasteiger partial charge on any atom is 0.160 e. The van der Waals surface area contributed by atoms with Crippen LogP contribution in [0, 0.1) is 0 Å². The molecule has 0 unspecified atom stereocenters. The zero-order valence-corrected chi connectivity index (χ0v) is 26.9. The third kappa shape index (κ3) is 3.90. The van der Waals surface area contributed by atoms with Gasteiger partial charge < -0.3 is 13.4 Å². The molecule has 0 N–H and O–H groups in total. The van der Waals surface area contributed by atoms with E-state index in [0.29, 0.717) is 0 Å². The van der Waals surface area contributed by atoms with Crippen LogP contribution in [-0.4, -0.2) is 9.55 Å². The monoisotopic (exact) mass is 640 g/mol. The van der Waals surface area contributed by atoms with Crippen LogP contribution in [-0.2, 0) is 0 Å². The minimum absolute atomic E-state index is 0.795. The molecule has 1 aliphatic rings. The number of benzene rings is 6. The van der Waals surface area contributed by atoms with Crippen molar-refractivity contribution in [3.8, 4) is 16.8 Å². The maximum absolute atomic E-state index is 6.73. The Bertz CT molecular complexity index is 3060. The smallest absolute Gasteiger partial charge is 0.160 e. The number of allylic oxidation sites excluding steroid dienone is 2. The lowest BCUT2D eigenvalue weighted by atomic mass is 9.94. The predicted octanol–water partition coefficient (Wildman–Crippen LogP) is 12.5. The summed E-state index contributed by atoms with van der Waals surface area (Å²) in [6.07, 6.45) is 7.35. The van der Waals surface area contributed by atoms with Crippen LogP contribution in [0.1, 0.15) is 23.4 Å². The van der Waals surface area contributed by atoms with Crippen LogP contribution in [0.4, 0.5) is 0 Å². The number of aromatic nitrogens is 2. The minimum atomic E-state index is 0.795. The summed E-state index contributed by atoms with van der Waals surface area (Å²) in [6.45, 7) is 0. The van der Waals surface area contributed by atoms with Gasteiger partial charge in [0.1, 0.15) is 16.9 Å². The van der Waals surface area contributed by atoms with Gasteiger partial charge in [0.25, 0.3) is 0 Å². The lowest BCUT2D eigenvalue weighted by Gasteiger charge is -2.13. The highest BCUT2D eigenvalue weighted by molar-refractivity contribution is 6.21. The Morgan fingerprint density at radius 3 is 2.26 bits per heavy atom. The molecule has 0 atom stereocenters. The summed E-state index contributed by atoms with van der Waals surface area (Å²) in [7, 11) is 0. The van der Waals surface area contributed by atoms with Crippen molar-refractivity contribution in [2.45, 2.75) is 6.42 Å². The SMILES string of the molecule is C1=Cc2oc3cc(-n4c5ccccc5c5ccc6c7ccccc7oc6c54)ccc3c2C(c2cc(-c3ccccc3)c3ccccc3n2)=CC1. The normalized spacial score (nSPS) is 13.2. The molecule has 4 heteroatoms. The van der Waals surface area contributed by atoms with Gasteiger partial charge in [-0.3, -0.25) is 0 Å². The van der Waals surface area contributed by atoms with Crippen LogP contribution < -0.4 is 0 Å². The van der Waals surface area contributed by atoms with Gasteiger partial charge in [-0.1, -0.05) is 103 Å². The summed E-state index contributed by atoms with van der Waals surface area (Å²) in [6, 6.07) is 49.1. The number of furan rings is 2. The van der Waals surface area contributed by atoms with Crippen molar-refractivity contribution < 1.29 is 8.83 Å². The molecular formula is C46H28N2O2. The first-order valence-electron chi connectivity index (χ1n) is 17.0. The molecule has 4 aromatic heterocycles. The van der Waals surface area contributed by atoms with E-state index in [0.717, 1.165) is 94.9 Å². The molecule has 0 amide bonds. The zero-order valence-electron chi connectivity index (χ0n) is 26.9. The van der Waals surface area contributed by atoms with Crippen LogP contribution in [0.15, 0.2) is 161 Å². The van der Waals surface area contributed by atoms with Gasteiger partial charge in [-0.25, -0.2) is 4.98 Å². The van der Waals surface area contributed by atoms with E-state index in [4.69, 9.17) is 13.8 Å². The van der Waals surface area contributed by atoms with E-state index in [1.807, 2.05) is 12.1 Å². The molecule has 4 heterocycles. The minimum Gasteiger partial charge on any atom is -0.456 e. The summed E-state index contributed by atoms with van der Waals surface area (Å²) >= 11 is 0. The first-order valence-corrected chi connectivity index (χ1v) is 17.0. The van der Waals surface area contributed by atoms with Gasteiger partial charge in [0.15, 0.2) is 5.58 Å². The van der Waals surface area contributed by atoms with E-state index >= 15 is 0 Å². The largest absolute Gasteiger partial charge is 0.456 e. The highest BCUT2D eigenvalue weighted by Gasteiger charge is 2.24. The molecule has 0 saturated heterocycles. The number of nitrogens with zero attached hydrogens (tertiary/aromatic N) is 2. The second-order valence-corrected chi connectivity index (χ2v) is 13.0. The Balaban J connectivity index is 1.14. The molecular weight excluding hydrogens is 613 g/mol. The van der Waals surface area contributed by atoms with Gasteiger partial charge in [0, 0.05) is 49.5 Å². The molecule has 234 valence electrons. The number of rotatable bonds is 3. The van der Waals surface area contributed by atoms with Crippen LogP contribution in [0.25, 0.3) is 94.1 Å². The van der Waals surface area contributed by atoms with Gasteiger partial charge in [0.2, 0.25) is 0 Å². The van der Waals surface area contributed by atoms with Gasteiger partial charge >= 0.3 is 0 Å². The standard InChI is InChI=1S/C46H28N2O2/c1-2-12-28(13-3-1)37-27-39(47-38-18-8-4-14-30(37)38)35-17-7-11-21-42-44(35)36-23-22-29(26-43(36)49-42)48-40-19-9-5-15-31(40)33-24-25-34-32-16-6-10-20-41(32)50-46(34)45(33)48/h1-6,8-27H,7H2. The summed E-state index contributed by atoms with van der Waals surface area (Å²) in [4.78, 5) is 5.23. The summed E-state index contributed by atoms with van der Waals surface area (Å²) in [5, 5.41) is 6.78. The molecule has 10 aromatic rings. The fraction of sp³-hybridized carbons (Fsp3) is 0.0217. The van der Waals surface area contributed by atoms with E-state index in [9.17, 15) is 0 Å². The maximum atomic E-state index is 6.73. The summed E-state index contributed by atoms with van der Waals surface area (Å²) < 4.78 is 15.6. The second kappa shape index (κ2) is 10.4. The number of hydrogen-bond donors (Lipinski definition) is 0. The average Bonchev–Trinajstić information content (AvgIpc) is 3.79. The fourth-order valence-corrected chi connectivity index (χ4v) is 8.00. The van der Waals surface area contributed by atoms with Crippen molar-refractivity contribution in [3.63, 3.8) is 0 Å². The number of fused-ring (bicyclic) bond motifs is 11. The Morgan fingerprint density at radius 2 is 1.34 bits per heavy atom. The molecule has 0 aliphatic heterocycles. The molecule has 4 nitrogen and oxygen atoms in total. The predicted molar refractivity (Wildman–Crippen MR) is 206 cm³/mol. The molecule has 0 saturated carbocycles. The van der Waals surface area contributed by atoms with Crippen molar-refractivity contribution in [1.29, 1.82) is 0 Å².